The molecule has 2 rings (SSSR count). The quantitative estimate of drug-likeness (QED) is 0.876. The highest BCUT2D eigenvalue weighted by atomic mass is 79.9. The van der Waals surface area contributed by atoms with Gasteiger partial charge in [0, 0.05) is 16.2 Å². The molecule has 0 spiro atoms. The fraction of sp³-hybridized carbons (Fsp3) is 0.286. The summed E-state index contributed by atoms with van der Waals surface area (Å²) in [4.78, 5) is 15.6. The van der Waals surface area contributed by atoms with Crippen molar-refractivity contribution in [3.05, 3.63) is 47.0 Å². The first-order valence-corrected chi connectivity index (χ1v) is 7.05. The third-order valence-corrected chi connectivity index (χ3v) is 3.48. The molecule has 6 heteroatoms. The largest absolute Gasteiger partial charge is 0.479 e. The van der Waals surface area contributed by atoms with Gasteiger partial charge in [-0.25, -0.2) is 9.78 Å². The fourth-order valence-electron chi connectivity index (χ4n) is 1.94. The molecule has 1 atom stereocenters. The number of aromatic nitrogens is 2. The van der Waals surface area contributed by atoms with E-state index < -0.39 is 12.0 Å². The molecule has 0 aliphatic heterocycles. The minimum absolute atomic E-state index is 0.154. The maximum Gasteiger partial charge on any atom is 0.332 e. The SMILES string of the molecule is CC(C)n1cncc1C(Nc1ccc(Br)cc1)C(=O)O. The summed E-state index contributed by atoms with van der Waals surface area (Å²) in [5.41, 5.74) is 1.38. The molecule has 0 radical (unpaired) electrons. The molecule has 106 valence electrons. The molecule has 0 aliphatic rings. The molecule has 0 bridgehead atoms. The lowest BCUT2D eigenvalue weighted by molar-refractivity contribution is -0.138. The zero-order chi connectivity index (χ0) is 14.7. The first-order valence-electron chi connectivity index (χ1n) is 6.25. The van der Waals surface area contributed by atoms with Gasteiger partial charge in [-0.1, -0.05) is 15.9 Å². The van der Waals surface area contributed by atoms with Crippen LogP contribution in [0.25, 0.3) is 0 Å². The number of halogens is 1. The topological polar surface area (TPSA) is 67.2 Å². The van der Waals surface area contributed by atoms with Crippen LogP contribution >= 0.6 is 15.9 Å². The maximum atomic E-state index is 11.5. The molecule has 0 amide bonds. The average Bonchev–Trinajstić information content (AvgIpc) is 2.86. The Balaban J connectivity index is 2.29. The highest BCUT2D eigenvalue weighted by Gasteiger charge is 2.24. The van der Waals surface area contributed by atoms with Crippen LogP contribution in [0.3, 0.4) is 0 Å². The van der Waals surface area contributed by atoms with Crippen molar-refractivity contribution in [2.45, 2.75) is 25.9 Å². The van der Waals surface area contributed by atoms with Gasteiger partial charge in [0.2, 0.25) is 0 Å². The lowest BCUT2D eigenvalue weighted by atomic mass is 10.2. The summed E-state index contributed by atoms with van der Waals surface area (Å²) in [5.74, 6) is -0.935. The Morgan fingerprint density at radius 1 is 1.35 bits per heavy atom. The van der Waals surface area contributed by atoms with Gasteiger partial charge in [0.05, 0.1) is 18.2 Å². The predicted octanol–water partition coefficient (Wildman–Crippen LogP) is 3.46. The van der Waals surface area contributed by atoms with Crippen LogP contribution in [-0.2, 0) is 4.79 Å². The second kappa shape index (κ2) is 6.09. The van der Waals surface area contributed by atoms with E-state index in [1.807, 2.05) is 42.7 Å². The van der Waals surface area contributed by atoms with Crippen LogP contribution < -0.4 is 5.32 Å². The molecule has 2 aromatic rings. The van der Waals surface area contributed by atoms with E-state index in [-0.39, 0.29) is 6.04 Å². The van der Waals surface area contributed by atoms with Crippen molar-refractivity contribution in [2.75, 3.05) is 5.32 Å². The molecule has 0 fully saturated rings. The van der Waals surface area contributed by atoms with Gasteiger partial charge >= 0.3 is 5.97 Å². The van der Waals surface area contributed by atoms with Crippen molar-refractivity contribution in [2.24, 2.45) is 0 Å². The number of carbonyl (C=O) groups is 1. The summed E-state index contributed by atoms with van der Waals surface area (Å²) in [5, 5.41) is 12.5. The van der Waals surface area contributed by atoms with Crippen molar-refractivity contribution >= 4 is 27.6 Å². The first kappa shape index (κ1) is 14.6. The zero-order valence-electron chi connectivity index (χ0n) is 11.2. The van der Waals surface area contributed by atoms with Gasteiger partial charge in [-0.2, -0.15) is 0 Å². The van der Waals surface area contributed by atoms with Gasteiger partial charge < -0.3 is 15.0 Å². The number of nitrogens with zero attached hydrogens (tertiary/aromatic N) is 2. The number of imidazole rings is 1. The smallest absolute Gasteiger partial charge is 0.332 e. The van der Waals surface area contributed by atoms with Crippen molar-refractivity contribution in [3.63, 3.8) is 0 Å². The van der Waals surface area contributed by atoms with E-state index >= 15 is 0 Å². The summed E-state index contributed by atoms with van der Waals surface area (Å²) < 4.78 is 2.80. The second-order valence-electron chi connectivity index (χ2n) is 4.74. The molecule has 1 heterocycles. The fourth-order valence-corrected chi connectivity index (χ4v) is 2.21. The number of rotatable bonds is 5. The Morgan fingerprint density at radius 2 is 2.00 bits per heavy atom. The summed E-state index contributed by atoms with van der Waals surface area (Å²) >= 11 is 3.35. The van der Waals surface area contributed by atoms with Gasteiger partial charge in [-0.3, -0.25) is 0 Å². The van der Waals surface area contributed by atoms with E-state index in [2.05, 4.69) is 26.2 Å². The van der Waals surface area contributed by atoms with Crippen LogP contribution in [0.4, 0.5) is 5.69 Å². The lowest BCUT2D eigenvalue weighted by Crippen LogP contribution is -2.24. The van der Waals surface area contributed by atoms with Gasteiger partial charge in [0.15, 0.2) is 6.04 Å². The number of aliphatic carboxylic acids is 1. The number of nitrogens with one attached hydrogen (secondary N) is 1. The van der Waals surface area contributed by atoms with Crippen LogP contribution in [0.1, 0.15) is 31.6 Å². The zero-order valence-corrected chi connectivity index (χ0v) is 12.8. The van der Waals surface area contributed by atoms with Crippen molar-refractivity contribution < 1.29 is 9.90 Å². The highest BCUT2D eigenvalue weighted by Crippen LogP contribution is 2.23. The van der Waals surface area contributed by atoms with Gasteiger partial charge in [0.25, 0.3) is 0 Å². The first-order chi connectivity index (χ1) is 9.49. The Hall–Kier alpha value is -1.82. The van der Waals surface area contributed by atoms with Crippen LogP contribution in [0, 0.1) is 0 Å². The molecule has 2 N–H and O–H groups in total. The highest BCUT2D eigenvalue weighted by molar-refractivity contribution is 9.10. The van der Waals surface area contributed by atoms with Crippen molar-refractivity contribution in [1.29, 1.82) is 0 Å². The van der Waals surface area contributed by atoms with Crippen molar-refractivity contribution in [1.82, 2.24) is 9.55 Å². The summed E-state index contributed by atoms with van der Waals surface area (Å²) in [7, 11) is 0. The predicted molar refractivity (Wildman–Crippen MR) is 80.8 cm³/mol. The van der Waals surface area contributed by atoms with E-state index in [9.17, 15) is 9.90 Å². The monoisotopic (exact) mass is 337 g/mol. The summed E-state index contributed by atoms with van der Waals surface area (Å²) in [6, 6.07) is 6.70. The number of anilines is 1. The number of hydrogen-bond acceptors (Lipinski definition) is 3. The molecule has 0 aliphatic carbocycles. The molecule has 0 saturated heterocycles. The standard InChI is InChI=1S/C14H16BrN3O2/c1-9(2)18-8-16-7-12(18)13(14(19)20)17-11-5-3-10(15)4-6-11/h3-9,13,17H,1-2H3,(H,19,20). The molecular weight excluding hydrogens is 322 g/mol. The Morgan fingerprint density at radius 3 is 2.55 bits per heavy atom. The Kier molecular flexibility index (Phi) is 4.44. The van der Waals surface area contributed by atoms with E-state index in [4.69, 9.17) is 0 Å². The molecule has 20 heavy (non-hydrogen) atoms. The number of carboxylic acid groups (broad SMARTS) is 1. The number of hydrogen-bond donors (Lipinski definition) is 2. The van der Waals surface area contributed by atoms with Gasteiger partial charge in [-0.15, -0.1) is 0 Å². The number of benzene rings is 1. The van der Waals surface area contributed by atoms with Crippen LogP contribution in [0.2, 0.25) is 0 Å². The van der Waals surface area contributed by atoms with E-state index in [0.717, 1.165) is 10.2 Å². The van der Waals surface area contributed by atoms with E-state index in [1.54, 1.807) is 12.5 Å². The minimum atomic E-state index is -0.935. The molecular formula is C14H16BrN3O2. The second-order valence-corrected chi connectivity index (χ2v) is 5.66. The Labute approximate surface area is 125 Å². The average molecular weight is 338 g/mol. The van der Waals surface area contributed by atoms with Crippen LogP contribution in [0.15, 0.2) is 41.3 Å². The lowest BCUT2D eigenvalue weighted by Gasteiger charge is -2.19. The number of carboxylic acids is 1. The molecule has 5 nitrogen and oxygen atoms in total. The summed E-state index contributed by atoms with van der Waals surface area (Å²) in [6.45, 7) is 3.98. The van der Waals surface area contributed by atoms with E-state index in [0.29, 0.717) is 5.69 Å². The third-order valence-electron chi connectivity index (χ3n) is 2.95. The Bertz CT molecular complexity index is 593. The van der Waals surface area contributed by atoms with E-state index in [1.165, 1.54) is 0 Å². The minimum Gasteiger partial charge on any atom is -0.479 e. The van der Waals surface area contributed by atoms with Gasteiger partial charge in [-0.05, 0) is 38.1 Å². The van der Waals surface area contributed by atoms with Crippen LogP contribution in [0.5, 0.6) is 0 Å². The molecule has 0 saturated carbocycles. The maximum absolute atomic E-state index is 11.5. The van der Waals surface area contributed by atoms with Gasteiger partial charge in [0.1, 0.15) is 0 Å². The van der Waals surface area contributed by atoms with Crippen molar-refractivity contribution in [3.8, 4) is 0 Å². The summed E-state index contributed by atoms with van der Waals surface area (Å²) in [6.07, 6.45) is 3.24. The third kappa shape index (κ3) is 3.19. The molecule has 1 aromatic carbocycles. The van der Waals surface area contributed by atoms with Crippen LogP contribution in [-0.4, -0.2) is 20.6 Å². The molecule has 1 unspecified atom stereocenters. The molecule has 1 aromatic heterocycles. The normalized spacial score (nSPS) is 12.4.